The van der Waals surface area contributed by atoms with Gasteiger partial charge in [-0.3, -0.25) is 14.9 Å². The Morgan fingerprint density at radius 1 is 1.16 bits per heavy atom. The Morgan fingerprint density at radius 3 is 2.44 bits per heavy atom. The number of aryl methyl sites for hydroxylation is 2. The van der Waals surface area contributed by atoms with Gasteiger partial charge in [0, 0.05) is 12.1 Å². The van der Waals surface area contributed by atoms with Gasteiger partial charge in [-0.2, -0.15) is 5.10 Å². The minimum Gasteiger partial charge on any atom is -0.483 e. The maximum absolute atomic E-state index is 11.8. The fourth-order valence-corrected chi connectivity index (χ4v) is 2.18. The van der Waals surface area contributed by atoms with Gasteiger partial charge in [-0.25, -0.2) is 5.43 Å². The molecule has 0 atom stereocenters. The molecule has 0 saturated carbocycles. The Hall–Kier alpha value is -3.22. The number of carbonyl (C=O) groups excluding carboxylic acids is 1. The molecule has 7 nitrogen and oxygen atoms in total. The predicted molar refractivity (Wildman–Crippen MR) is 95.0 cm³/mol. The maximum Gasteiger partial charge on any atom is 0.277 e. The van der Waals surface area contributed by atoms with E-state index in [1.165, 1.54) is 18.3 Å². The first-order chi connectivity index (χ1) is 11.9. The molecule has 1 amide bonds. The molecule has 0 heterocycles. The maximum atomic E-state index is 11.8. The number of nitro groups is 1. The normalized spacial score (nSPS) is 10.7. The number of benzene rings is 2. The Labute approximate surface area is 145 Å². The summed E-state index contributed by atoms with van der Waals surface area (Å²) in [5, 5.41) is 14.4. The lowest BCUT2D eigenvalue weighted by molar-refractivity contribution is -0.384. The highest BCUT2D eigenvalue weighted by molar-refractivity contribution is 5.83. The molecular weight excluding hydrogens is 322 g/mol. The van der Waals surface area contributed by atoms with E-state index in [2.05, 4.69) is 10.5 Å². The summed E-state index contributed by atoms with van der Waals surface area (Å²) in [6.45, 7) is 5.70. The van der Waals surface area contributed by atoms with Gasteiger partial charge in [-0.15, -0.1) is 0 Å². The molecule has 0 aliphatic rings. The van der Waals surface area contributed by atoms with Crippen LogP contribution in [0.4, 0.5) is 5.69 Å². The summed E-state index contributed by atoms with van der Waals surface area (Å²) in [5.41, 5.74) is 6.06. The summed E-state index contributed by atoms with van der Waals surface area (Å²) in [4.78, 5) is 21.9. The van der Waals surface area contributed by atoms with E-state index in [9.17, 15) is 14.9 Å². The molecule has 7 heteroatoms. The molecule has 2 aromatic rings. The van der Waals surface area contributed by atoms with E-state index < -0.39 is 10.8 Å². The Morgan fingerprint density at radius 2 is 1.80 bits per heavy atom. The van der Waals surface area contributed by atoms with Gasteiger partial charge in [-0.1, -0.05) is 12.1 Å². The Kier molecular flexibility index (Phi) is 5.84. The molecular formula is C18H19N3O4. The topological polar surface area (TPSA) is 93.8 Å². The van der Waals surface area contributed by atoms with Crippen molar-refractivity contribution < 1.29 is 14.5 Å². The molecule has 1 N–H and O–H groups in total. The lowest BCUT2D eigenvalue weighted by atomic mass is 10.1. The van der Waals surface area contributed by atoms with Crippen molar-refractivity contribution in [1.29, 1.82) is 0 Å². The largest absolute Gasteiger partial charge is 0.483 e. The zero-order valence-corrected chi connectivity index (χ0v) is 14.3. The van der Waals surface area contributed by atoms with Crippen LogP contribution in [-0.2, 0) is 4.79 Å². The van der Waals surface area contributed by atoms with Crippen molar-refractivity contribution in [2.24, 2.45) is 5.10 Å². The summed E-state index contributed by atoms with van der Waals surface area (Å²) < 4.78 is 5.59. The number of amides is 1. The van der Waals surface area contributed by atoms with E-state index in [4.69, 9.17) is 4.74 Å². The first kappa shape index (κ1) is 18.1. The van der Waals surface area contributed by atoms with Crippen LogP contribution in [0.3, 0.4) is 0 Å². The highest BCUT2D eigenvalue weighted by Gasteiger charge is 2.09. The third-order valence-electron chi connectivity index (χ3n) is 3.73. The van der Waals surface area contributed by atoms with Gasteiger partial charge < -0.3 is 4.74 Å². The number of hydrogen-bond acceptors (Lipinski definition) is 5. The number of carbonyl (C=O) groups is 1. The van der Waals surface area contributed by atoms with Gasteiger partial charge in [0.25, 0.3) is 11.6 Å². The molecule has 0 bridgehead atoms. The van der Waals surface area contributed by atoms with E-state index in [1.807, 2.05) is 32.9 Å². The molecule has 25 heavy (non-hydrogen) atoms. The fraction of sp³-hybridized carbons (Fsp3) is 0.222. The zero-order valence-electron chi connectivity index (χ0n) is 14.3. The quantitative estimate of drug-likeness (QED) is 0.496. The summed E-state index contributed by atoms with van der Waals surface area (Å²) >= 11 is 0. The van der Waals surface area contributed by atoms with E-state index in [0.717, 1.165) is 16.7 Å². The van der Waals surface area contributed by atoms with E-state index in [0.29, 0.717) is 11.3 Å². The summed E-state index contributed by atoms with van der Waals surface area (Å²) in [6.07, 6.45) is 1.41. The second-order valence-electron chi connectivity index (χ2n) is 5.58. The standard InChI is InChI=1S/C18H19N3O4/c1-12-4-5-13(2)18(14(12)3)25-11-17(22)20-19-10-15-6-8-16(9-7-15)21(23)24/h4-10H,11H2,1-3H3,(H,20,22). The first-order valence-electron chi connectivity index (χ1n) is 7.64. The Balaban J connectivity index is 1.89. The molecule has 0 radical (unpaired) electrons. The molecule has 0 spiro atoms. The predicted octanol–water partition coefficient (Wildman–Crippen LogP) is 3.05. The van der Waals surface area contributed by atoms with E-state index in [-0.39, 0.29) is 12.3 Å². The average Bonchev–Trinajstić information content (AvgIpc) is 2.59. The van der Waals surface area contributed by atoms with Gasteiger partial charge in [-0.05, 0) is 55.2 Å². The van der Waals surface area contributed by atoms with Crippen LogP contribution in [0.1, 0.15) is 22.3 Å². The minimum absolute atomic E-state index is 0.00141. The smallest absolute Gasteiger partial charge is 0.277 e. The number of hydrazone groups is 1. The SMILES string of the molecule is Cc1ccc(C)c(OCC(=O)NN=Cc2ccc([N+](=O)[O-])cc2)c1C. The Bertz CT molecular complexity index is 814. The highest BCUT2D eigenvalue weighted by Crippen LogP contribution is 2.25. The second-order valence-corrected chi connectivity index (χ2v) is 5.58. The van der Waals surface area contributed by atoms with Gasteiger partial charge in [0.2, 0.25) is 0 Å². The molecule has 2 rings (SSSR count). The number of rotatable bonds is 6. The summed E-state index contributed by atoms with van der Waals surface area (Å²) in [6, 6.07) is 9.78. The van der Waals surface area contributed by atoms with Crippen molar-refractivity contribution in [3.05, 3.63) is 68.8 Å². The molecule has 2 aromatic carbocycles. The third kappa shape index (κ3) is 4.87. The van der Waals surface area contributed by atoms with Crippen LogP contribution in [0.5, 0.6) is 5.75 Å². The van der Waals surface area contributed by atoms with Crippen molar-refractivity contribution in [1.82, 2.24) is 5.43 Å². The molecule has 0 fully saturated rings. The fourth-order valence-electron chi connectivity index (χ4n) is 2.18. The van der Waals surface area contributed by atoms with Crippen molar-refractivity contribution >= 4 is 17.8 Å². The van der Waals surface area contributed by atoms with Crippen LogP contribution in [0.25, 0.3) is 0 Å². The lowest BCUT2D eigenvalue weighted by Crippen LogP contribution is -2.25. The number of ether oxygens (including phenoxy) is 1. The van der Waals surface area contributed by atoms with Crippen LogP contribution >= 0.6 is 0 Å². The molecule has 0 aromatic heterocycles. The van der Waals surface area contributed by atoms with Crippen molar-refractivity contribution in [2.75, 3.05) is 6.61 Å². The van der Waals surface area contributed by atoms with Crippen molar-refractivity contribution in [2.45, 2.75) is 20.8 Å². The molecule has 0 aliphatic carbocycles. The number of hydrogen-bond donors (Lipinski definition) is 1. The van der Waals surface area contributed by atoms with Crippen molar-refractivity contribution in [3.63, 3.8) is 0 Å². The molecule has 0 saturated heterocycles. The number of nitro benzene ring substituents is 1. The third-order valence-corrected chi connectivity index (χ3v) is 3.73. The zero-order chi connectivity index (χ0) is 18.4. The van der Waals surface area contributed by atoms with Crippen LogP contribution in [0.2, 0.25) is 0 Å². The van der Waals surface area contributed by atoms with Crippen molar-refractivity contribution in [3.8, 4) is 5.75 Å². The number of nitrogens with zero attached hydrogens (tertiary/aromatic N) is 2. The van der Waals surface area contributed by atoms with Gasteiger partial charge in [0.05, 0.1) is 11.1 Å². The van der Waals surface area contributed by atoms with Crippen LogP contribution in [0, 0.1) is 30.9 Å². The average molecular weight is 341 g/mol. The molecule has 130 valence electrons. The molecule has 0 unspecified atom stereocenters. The first-order valence-corrected chi connectivity index (χ1v) is 7.64. The van der Waals surface area contributed by atoms with E-state index >= 15 is 0 Å². The minimum atomic E-state index is -0.477. The summed E-state index contributed by atoms with van der Waals surface area (Å²) in [7, 11) is 0. The molecule has 0 aliphatic heterocycles. The number of nitrogens with one attached hydrogen (secondary N) is 1. The van der Waals surface area contributed by atoms with Gasteiger partial charge in [0.1, 0.15) is 5.75 Å². The monoisotopic (exact) mass is 341 g/mol. The van der Waals surface area contributed by atoms with Crippen LogP contribution in [-0.4, -0.2) is 23.7 Å². The van der Waals surface area contributed by atoms with Crippen LogP contribution < -0.4 is 10.2 Å². The van der Waals surface area contributed by atoms with Gasteiger partial charge in [0.15, 0.2) is 6.61 Å². The van der Waals surface area contributed by atoms with Gasteiger partial charge >= 0.3 is 0 Å². The highest BCUT2D eigenvalue weighted by atomic mass is 16.6. The summed E-state index contributed by atoms with van der Waals surface area (Å²) in [5.74, 6) is 0.313. The van der Waals surface area contributed by atoms with E-state index in [1.54, 1.807) is 12.1 Å². The lowest BCUT2D eigenvalue weighted by Gasteiger charge is -2.13. The van der Waals surface area contributed by atoms with Crippen LogP contribution in [0.15, 0.2) is 41.5 Å². The number of non-ortho nitro benzene ring substituents is 1. The second kappa shape index (κ2) is 8.05.